The molecule has 61 heavy (non-hydrogen) atoms. The summed E-state index contributed by atoms with van der Waals surface area (Å²) in [4.78, 5) is 9.70. The van der Waals surface area contributed by atoms with E-state index in [0.717, 1.165) is 50.4 Å². The topological polar surface area (TPSA) is 24.3 Å². The van der Waals surface area contributed by atoms with Crippen molar-refractivity contribution in [3.8, 4) is 5.82 Å². The van der Waals surface area contributed by atoms with E-state index < -0.39 is 5.41 Å². The summed E-state index contributed by atoms with van der Waals surface area (Å²) in [6.45, 7) is 25.2. The van der Waals surface area contributed by atoms with Gasteiger partial charge in [0.1, 0.15) is 5.82 Å². The summed E-state index contributed by atoms with van der Waals surface area (Å²) in [7, 11) is 0. The van der Waals surface area contributed by atoms with Crippen molar-refractivity contribution in [3.05, 3.63) is 198 Å². The smallest absolute Gasteiger partial charge is 0.135 e. The minimum atomic E-state index is -0.451. The predicted octanol–water partition coefficient (Wildman–Crippen LogP) is 14.4. The Bertz CT molecular complexity index is 2890. The predicted molar refractivity (Wildman–Crippen MR) is 252 cm³/mol. The van der Waals surface area contributed by atoms with E-state index in [1.165, 1.54) is 33.3 Å². The van der Waals surface area contributed by atoms with E-state index in [-0.39, 0.29) is 37.3 Å². The number of pyridine rings is 1. The van der Waals surface area contributed by atoms with Crippen molar-refractivity contribution in [3.63, 3.8) is 0 Å². The summed E-state index contributed by atoms with van der Waals surface area (Å²) in [5.74, 6) is 0.887. The van der Waals surface area contributed by atoms with Crippen LogP contribution in [0.25, 0.3) is 27.6 Å². The second-order valence-electron chi connectivity index (χ2n) is 19.5. The third-order valence-electron chi connectivity index (χ3n) is 12.7. The van der Waals surface area contributed by atoms with Gasteiger partial charge in [0.15, 0.2) is 0 Å². The summed E-state index contributed by atoms with van der Waals surface area (Å²) in [5, 5.41) is 2.35. The standard InChI is InChI=1S/C56H55N4.Pt/c1-53(2,3)41-32-42(34-43(33-41)58-37-59(50-27-19-18-26-49(50)58)48-25-17-15-23-46(48)54(4,5)6)56(9,10)39-28-29-45-44-22-14-16-24-47(44)60(51(45)35-39)52-36-40(30-31-57-52)55(7,8)38-20-12-11-13-21-38;/h11-33,36-37H,1-10H3;/q-3;. The van der Waals surface area contributed by atoms with Crippen LogP contribution in [0, 0.1) is 18.8 Å². The molecule has 6 aromatic carbocycles. The van der Waals surface area contributed by atoms with Crippen molar-refractivity contribution < 1.29 is 21.1 Å². The third-order valence-corrected chi connectivity index (χ3v) is 12.7. The molecule has 4 nitrogen and oxygen atoms in total. The van der Waals surface area contributed by atoms with Gasteiger partial charge in [-0.15, -0.1) is 23.8 Å². The molecule has 312 valence electrons. The monoisotopic (exact) mass is 978 g/mol. The van der Waals surface area contributed by atoms with Crippen LogP contribution >= 0.6 is 0 Å². The van der Waals surface area contributed by atoms with Gasteiger partial charge >= 0.3 is 0 Å². The van der Waals surface area contributed by atoms with Crippen molar-refractivity contribution >= 4 is 44.6 Å². The molecule has 3 heterocycles. The summed E-state index contributed by atoms with van der Waals surface area (Å²) >= 11 is 0. The molecule has 0 aliphatic carbocycles. The molecule has 0 amide bonds. The van der Waals surface area contributed by atoms with Crippen LogP contribution in [0.4, 0.5) is 22.7 Å². The van der Waals surface area contributed by atoms with Gasteiger partial charge in [0, 0.05) is 55.3 Å². The summed E-state index contributed by atoms with van der Waals surface area (Å²) in [6, 6.07) is 58.5. The molecule has 0 saturated heterocycles. The minimum absolute atomic E-state index is 0. The molecule has 5 heteroatoms. The molecule has 0 N–H and O–H groups in total. The molecule has 0 radical (unpaired) electrons. The average molecular weight is 979 g/mol. The van der Waals surface area contributed by atoms with Crippen LogP contribution in [-0.2, 0) is 42.7 Å². The molecular weight excluding hydrogens is 924 g/mol. The number of benzene rings is 6. The Morgan fingerprint density at radius 3 is 1.84 bits per heavy atom. The molecule has 1 aliphatic heterocycles. The second kappa shape index (κ2) is 15.5. The van der Waals surface area contributed by atoms with Crippen LogP contribution < -0.4 is 9.80 Å². The quantitative estimate of drug-likeness (QED) is 0.149. The first kappa shape index (κ1) is 42.3. The van der Waals surface area contributed by atoms with Gasteiger partial charge in [-0.3, -0.25) is 0 Å². The van der Waals surface area contributed by atoms with Crippen LogP contribution in [-0.4, -0.2) is 9.55 Å². The van der Waals surface area contributed by atoms with Crippen LogP contribution in [0.2, 0.25) is 0 Å². The second-order valence-corrected chi connectivity index (χ2v) is 19.5. The fraction of sp³-hybridized carbons (Fsp3) is 0.250. The Kier molecular flexibility index (Phi) is 10.7. The Hall–Kier alpha value is -5.44. The number of nitrogens with zero attached hydrogens (tertiary/aromatic N) is 4. The van der Waals surface area contributed by atoms with Gasteiger partial charge in [-0.25, -0.2) is 4.98 Å². The maximum Gasteiger partial charge on any atom is 0.135 e. The van der Waals surface area contributed by atoms with Gasteiger partial charge in [0.25, 0.3) is 0 Å². The van der Waals surface area contributed by atoms with E-state index in [9.17, 15) is 0 Å². The number of hydrogen-bond donors (Lipinski definition) is 0. The zero-order valence-corrected chi connectivity index (χ0v) is 39.3. The normalized spacial score (nSPS) is 13.5. The van der Waals surface area contributed by atoms with E-state index >= 15 is 0 Å². The van der Waals surface area contributed by atoms with Gasteiger partial charge in [-0.05, 0) is 74.7 Å². The first-order chi connectivity index (χ1) is 28.5. The van der Waals surface area contributed by atoms with Gasteiger partial charge < -0.3 is 14.4 Å². The van der Waals surface area contributed by atoms with Crippen LogP contribution in [0.1, 0.15) is 103 Å². The maximum absolute atomic E-state index is 5.02. The molecule has 8 aromatic rings. The summed E-state index contributed by atoms with van der Waals surface area (Å²) in [5.41, 5.74) is 13.1. The molecule has 9 rings (SSSR count). The molecular formula is C56H55N4Pt-3. The van der Waals surface area contributed by atoms with Gasteiger partial charge in [-0.1, -0.05) is 154 Å². The van der Waals surface area contributed by atoms with Crippen molar-refractivity contribution in [2.24, 2.45) is 0 Å². The zero-order valence-electron chi connectivity index (χ0n) is 37.0. The van der Waals surface area contributed by atoms with Crippen molar-refractivity contribution in [1.29, 1.82) is 0 Å². The van der Waals surface area contributed by atoms with E-state index in [1.54, 1.807) is 0 Å². The van der Waals surface area contributed by atoms with E-state index in [4.69, 9.17) is 4.98 Å². The van der Waals surface area contributed by atoms with Crippen molar-refractivity contribution in [2.75, 3.05) is 9.80 Å². The Morgan fingerprint density at radius 1 is 0.492 bits per heavy atom. The van der Waals surface area contributed by atoms with Gasteiger partial charge in [-0.2, -0.15) is 47.0 Å². The van der Waals surface area contributed by atoms with Crippen molar-refractivity contribution in [2.45, 2.75) is 90.9 Å². The summed E-state index contributed by atoms with van der Waals surface area (Å²) < 4.78 is 2.30. The van der Waals surface area contributed by atoms with Gasteiger partial charge in [0.2, 0.25) is 0 Å². The van der Waals surface area contributed by atoms with E-state index in [0.29, 0.717) is 0 Å². The number of anilines is 4. The number of para-hydroxylation sites is 4. The largest absolute Gasteiger partial charge is 0.493 e. The molecule has 0 spiro atoms. The zero-order chi connectivity index (χ0) is 42.2. The van der Waals surface area contributed by atoms with E-state index in [2.05, 4.69) is 242 Å². The van der Waals surface area contributed by atoms with Crippen LogP contribution in [0.3, 0.4) is 0 Å². The van der Waals surface area contributed by atoms with Crippen LogP contribution in [0.15, 0.2) is 146 Å². The van der Waals surface area contributed by atoms with Gasteiger partial charge in [0.05, 0.1) is 0 Å². The molecule has 0 fully saturated rings. The summed E-state index contributed by atoms with van der Waals surface area (Å²) in [6.07, 6.45) is 1.95. The first-order valence-electron chi connectivity index (χ1n) is 21.2. The molecule has 0 unspecified atom stereocenters. The average Bonchev–Trinajstić information content (AvgIpc) is 3.79. The number of rotatable bonds is 7. The number of aromatic nitrogens is 2. The fourth-order valence-electron chi connectivity index (χ4n) is 8.86. The number of hydrogen-bond acceptors (Lipinski definition) is 3. The SMILES string of the molecule is CC(C)(C)c1cc(N2[CH-]N(c3ccccc3C(C)(C)C)c3ccccc32)[c-]c(C(C)(C)c2[c-]c3c(cc2)c2ccccc2n3-c2cc(C(C)(C)c3ccccc3)ccn2)c1.[Pt]. The Morgan fingerprint density at radius 2 is 1.13 bits per heavy atom. The maximum atomic E-state index is 5.02. The molecule has 2 aromatic heterocycles. The molecule has 0 atom stereocenters. The molecule has 0 saturated carbocycles. The Balaban J connectivity index is 0.00000514. The Labute approximate surface area is 377 Å². The van der Waals surface area contributed by atoms with E-state index in [1.807, 2.05) is 6.20 Å². The molecule has 0 bridgehead atoms. The number of fused-ring (bicyclic) bond motifs is 4. The molecule has 1 aliphatic rings. The fourth-order valence-corrected chi connectivity index (χ4v) is 8.86. The van der Waals surface area contributed by atoms with Crippen LogP contribution in [0.5, 0.6) is 0 Å². The first-order valence-corrected chi connectivity index (χ1v) is 21.2. The third kappa shape index (κ3) is 7.42. The van der Waals surface area contributed by atoms with Crippen molar-refractivity contribution in [1.82, 2.24) is 9.55 Å². The minimum Gasteiger partial charge on any atom is -0.493 e.